The highest BCUT2D eigenvalue weighted by Gasteiger charge is 2.15. The average Bonchev–Trinajstić information content (AvgIpc) is 2.80. The van der Waals surface area contributed by atoms with Crippen molar-refractivity contribution in [3.05, 3.63) is 98.9 Å². The van der Waals surface area contributed by atoms with Gasteiger partial charge in [0.25, 0.3) is 5.69 Å². The van der Waals surface area contributed by atoms with Gasteiger partial charge in [0.05, 0.1) is 32.4 Å². The molecule has 0 bridgehead atoms. The second-order valence-electron chi connectivity index (χ2n) is 7.03. The molecule has 0 aliphatic carbocycles. The lowest BCUT2D eigenvalue weighted by Crippen LogP contribution is -2.14. The fourth-order valence-electron chi connectivity index (χ4n) is 3.13. The number of nitrogens with zero attached hydrogens (tertiary/aromatic N) is 3. The second-order valence-corrected chi connectivity index (χ2v) is 8.40. The zero-order valence-corrected chi connectivity index (χ0v) is 18.6. The molecule has 1 N–H and O–H groups in total. The molecular weight excluding hydrogens is 467 g/mol. The molecule has 0 radical (unpaired) electrons. The van der Waals surface area contributed by atoms with Crippen LogP contribution in [0.5, 0.6) is 0 Å². The van der Waals surface area contributed by atoms with Gasteiger partial charge < -0.3 is 5.32 Å². The molecule has 0 saturated carbocycles. The Labute approximate surface area is 197 Å². The molecular formula is C23H16ClFN4O3S. The van der Waals surface area contributed by atoms with Crippen molar-refractivity contribution >= 4 is 51.7 Å². The van der Waals surface area contributed by atoms with E-state index in [9.17, 15) is 19.3 Å². The van der Waals surface area contributed by atoms with Crippen LogP contribution in [0.2, 0.25) is 5.02 Å². The van der Waals surface area contributed by atoms with Gasteiger partial charge in [-0.2, -0.15) is 0 Å². The molecule has 1 heterocycles. The lowest BCUT2D eigenvalue weighted by molar-refractivity contribution is -0.384. The molecule has 4 aromatic rings. The summed E-state index contributed by atoms with van der Waals surface area (Å²) in [6.07, 6.45) is 0.317. The highest BCUT2D eigenvalue weighted by Crippen LogP contribution is 2.26. The van der Waals surface area contributed by atoms with Crippen LogP contribution < -0.4 is 5.32 Å². The van der Waals surface area contributed by atoms with E-state index in [1.54, 1.807) is 12.1 Å². The number of rotatable bonds is 7. The van der Waals surface area contributed by atoms with Crippen LogP contribution in [0.3, 0.4) is 0 Å². The summed E-state index contributed by atoms with van der Waals surface area (Å²) in [6, 6.07) is 17.6. The fraction of sp³-hybridized carbons (Fsp3) is 0.0870. The van der Waals surface area contributed by atoms with Crippen molar-refractivity contribution in [1.82, 2.24) is 9.97 Å². The number of carbonyl (C=O) groups excluding carboxylic acids is 1. The molecule has 0 spiro atoms. The van der Waals surface area contributed by atoms with Gasteiger partial charge in [-0.3, -0.25) is 14.9 Å². The SMILES string of the molecule is O=C(CSc1nc2ccccc2nc1Cc1cccc([N+](=O)[O-])c1)Nc1ccc(F)c(Cl)c1. The third-order valence-corrected chi connectivity index (χ3v) is 5.94. The van der Waals surface area contributed by atoms with E-state index < -0.39 is 10.7 Å². The number of thioether (sulfide) groups is 1. The molecule has 1 aromatic heterocycles. The Morgan fingerprint density at radius 3 is 2.55 bits per heavy atom. The third-order valence-electron chi connectivity index (χ3n) is 4.64. The summed E-state index contributed by atoms with van der Waals surface area (Å²) in [5.74, 6) is -0.857. The first-order valence-electron chi connectivity index (χ1n) is 9.76. The Hall–Kier alpha value is -3.56. The Balaban J connectivity index is 1.56. The first-order chi connectivity index (χ1) is 15.9. The number of nitro groups is 1. The number of aromatic nitrogens is 2. The van der Waals surface area contributed by atoms with Gasteiger partial charge >= 0.3 is 0 Å². The van der Waals surface area contributed by atoms with E-state index >= 15 is 0 Å². The largest absolute Gasteiger partial charge is 0.325 e. The predicted octanol–water partition coefficient (Wildman–Crippen LogP) is 5.65. The second kappa shape index (κ2) is 9.93. The monoisotopic (exact) mass is 482 g/mol. The molecule has 0 unspecified atom stereocenters. The third kappa shape index (κ3) is 5.63. The maximum atomic E-state index is 13.3. The van der Waals surface area contributed by atoms with E-state index in [2.05, 4.69) is 15.3 Å². The van der Waals surface area contributed by atoms with Gasteiger partial charge in [0, 0.05) is 24.2 Å². The molecule has 1 amide bonds. The number of nitrogens with one attached hydrogen (secondary N) is 1. The van der Waals surface area contributed by atoms with E-state index in [4.69, 9.17) is 11.6 Å². The molecule has 10 heteroatoms. The van der Waals surface area contributed by atoms with Crippen LogP contribution in [-0.4, -0.2) is 26.6 Å². The van der Waals surface area contributed by atoms with Crippen molar-refractivity contribution < 1.29 is 14.1 Å². The highest BCUT2D eigenvalue weighted by atomic mass is 35.5. The lowest BCUT2D eigenvalue weighted by atomic mass is 10.1. The number of para-hydroxylation sites is 2. The van der Waals surface area contributed by atoms with Crippen LogP contribution in [0.1, 0.15) is 11.3 Å². The van der Waals surface area contributed by atoms with Crippen molar-refractivity contribution in [2.24, 2.45) is 0 Å². The Morgan fingerprint density at radius 2 is 1.82 bits per heavy atom. The fourth-order valence-corrected chi connectivity index (χ4v) is 4.10. The highest BCUT2D eigenvalue weighted by molar-refractivity contribution is 8.00. The molecule has 33 heavy (non-hydrogen) atoms. The minimum Gasteiger partial charge on any atom is -0.325 e. The van der Waals surface area contributed by atoms with Crippen LogP contribution in [0.25, 0.3) is 11.0 Å². The topological polar surface area (TPSA) is 98.0 Å². The van der Waals surface area contributed by atoms with Crippen molar-refractivity contribution in [2.45, 2.75) is 11.4 Å². The summed E-state index contributed by atoms with van der Waals surface area (Å²) < 4.78 is 13.3. The maximum Gasteiger partial charge on any atom is 0.269 e. The van der Waals surface area contributed by atoms with Gasteiger partial charge in [-0.25, -0.2) is 14.4 Å². The number of anilines is 1. The molecule has 0 atom stereocenters. The minimum absolute atomic E-state index is 0.00668. The molecule has 7 nitrogen and oxygen atoms in total. The van der Waals surface area contributed by atoms with Crippen LogP contribution in [-0.2, 0) is 11.2 Å². The van der Waals surface area contributed by atoms with Crippen molar-refractivity contribution in [3.8, 4) is 0 Å². The molecule has 0 fully saturated rings. The molecule has 0 aliphatic rings. The quantitative estimate of drug-likeness (QED) is 0.207. The van der Waals surface area contributed by atoms with E-state index in [-0.39, 0.29) is 22.4 Å². The number of hydrogen-bond acceptors (Lipinski definition) is 6. The van der Waals surface area contributed by atoms with E-state index in [0.717, 1.165) is 0 Å². The number of amides is 1. The summed E-state index contributed by atoms with van der Waals surface area (Å²) in [4.78, 5) is 32.4. The maximum absolute atomic E-state index is 13.3. The molecule has 0 saturated heterocycles. The van der Waals surface area contributed by atoms with Gasteiger partial charge in [0.2, 0.25) is 5.91 Å². The van der Waals surface area contributed by atoms with Crippen molar-refractivity contribution in [1.29, 1.82) is 0 Å². The lowest BCUT2D eigenvalue weighted by Gasteiger charge is -2.10. The zero-order valence-electron chi connectivity index (χ0n) is 17.0. The predicted molar refractivity (Wildman–Crippen MR) is 126 cm³/mol. The van der Waals surface area contributed by atoms with Gasteiger partial charge in [-0.05, 0) is 35.9 Å². The van der Waals surface area contributed by atoms with Gasteiger partial charge in [0.15, 0.2) is 0 Å². The summed E-state index contributed by atoms with van der Waals surface area (Å²) >= 11 is 6.96. The number of fused-ring (bicyclic) bond motifs is 1. The van der Waals surface area contributed by atoms with Crippen LogP contribution in [0, 0.1) is 15.9 Å². The normalized spacial score (nSPS) is 10.8. The van der Waals surface area contributed by atoms with E-state index in [1.807, 2.05) is 24.3 Å². The van der Waals surface area contributed by atoms with Gasteiger partial charge in [-0.15, -0.1) is 0 Å². The first kappa shape index (κ1) is 22.6. The van der Waals surface area contributed by atoms with E-state index in [0.29, 0.717) is 39.4 Å². The summed E-state index contributed by atoms with van der Waals surface area (Å²) in [5.41, 5.74) is 3.06. The smallest absolute Gasteiger partial charge is 0.269 e. The van der Waals surface area contributed by atoms with E-state index in [1.165, 1.54) is 42.1 Å². The number of hydrogen-bond donors (Lipinski definition) is 1. The number of nitro benzene ring substituents is 1. The Bertz CT molecular complexity index is 1370. The number of carbonyl (C=O) groups is 1. The first-order valence-corrected chi connectivity index (χ1v) is 11.1. The summed E-state index contributed by atoms with van der Waals surface area (Å²) in [5, 5.41) is 14.3. The number of halogens is 2. The van der Waals surface area contributed by atoms with Crippen LogP contribution in [0.15, 0.2) is 71.8 Å². The average molecular weight is 483 g/mol. The van der Waals surface area contributed by atoms with Crippen LogP contribution in [0.4, 0.5) is 15.8 Å². The zero-order chi connectivity index (χ0) is 23.4. The van der Waals surface area contributed by atoms with Crippen molar-refractivity contribution in [2.75, 3.05) is 11.1 Å². The summed E-state index contributed by atoms with van der Waals surface area (Å²) in [6.45, 7) is 0. The Morgan fingerprint density at radius 1 is 1.06 bits per heavy atom. The Kier molecular flexibility index (Phi) is 6.81. The summed E-state index contributed by atoms with van der Waals surface area (Å²) in [7, 11) is 0. The molecule has 166 valence electrons. The number of non-ortho nitro benzene ring substituents is 1. The molecule has 4 rings (SSSR count). The van der Waals surface area contributed by atoms with Gasteiger partial charge in [0.1, 0.15) is 10.8 Å². The minimum atomic E-state index is -0.568. The molecule has 3 aromatic carbocycles. The van der Waals surface area contributed by atoms with Gasteiger partial charge in [-0.1, -0.05) is 47.6 Å². The molecule has 0 aliphatic heterocycles. The number of benzene rings is 3. The van der Waals surface area contributed by atoms with Crippen LogP contribution >= 0.6 is 23.4 Å². The standard InChI is InChI=1S/C23H16ClFN4O3S/c24-17-12-15(8-9-18(17)25)26-22(30)13-33-23-21(27-19-6-1-2-7-20(19)28-23)11-14-4-3-5-16(10-14)29(31)32/h1-10,12H,11,13H2,(H,26,30). The van der Waals surface area contributed by atoms with Crippen molar-refractivity contribution in [3.63, 3.8) is 0 Å².